The Morgan fingerprint density at radius 2 is 0.633 bits per heavy atom. The Labute approximate surface area is 185 Å². The van der Waals surface area contributed by atoms with E-state index in [2.05, 4.69) is 119 Å². The fourth-order valence-corrected chi connectivity index (χ4v) is 3.35. The predicted octanol–water partition coefficient (Wildman–Crippen LogP) is 8.40. The third-order valence-corrected chi connectivity index (χ3v) is 5.79. The van der Waals surface area contributed by atoms with Gasteiger partial charge in [-0.05, 0) is 68.2 Å². The maximum Gasteiger partial charge on any atom is 0.0698 e. The SMILES string of the molecule is CC(C)(C)c1cc(N(O)c2cc(C(C)(C)C)cc(C(C)(C)C)c2)cc(C(C)(C)C)c1. The standard InChI is InChI=1S/C28H43NO/c1-25(2,3)19-13-20(26(4,5)6)16-23(15-19)29(30)24-17-21(27(7,8)9)14-22(18-24)28(10,11)12/h13-18,30H,1-12H3. The summed E-state index contributed by atoms with van der Waals surface area (Å²) in [6, 6.07) is 13.0. The Morgan fingerprint density at radius 3 is 0.800 bits per heavy atom. The highest BCUT2D eigenvalue weighted by Crippen LogP contribution is 2.38. The Hall–Kier alpha value is -1.80. The fraction of sp³-hybridized carbons (Fsp3) is 0.571. The van der Waals surface area contributed by atoms with Gasteiger partial charge in [0.1, 0.15) is 0 Å². The molecule has 2 aromatic rings. The lowest BCUT2D eigenvalue weighted by Crippen LogP contribution is -2.21. The molecule has 166 valence electrons. The van der Waals surface area contributed by atoms with Crippen LogP contribution >= 0.6 is 0 Å². The van der Waals surface area contributed by atoms with Gasteiger partial charge in [-0.15, -0.1) is 0 Å². The monoisotopic (exact) mass is 409 g/mol. The van der Waals surface area contributed by atoms with Gasteiger partial charge in [0.25, 0.3) is 0 Å². The summed E-state index contributed by atoms with van der Waals surface area (Å²) in [5.74, 6) is 0. The molecule has 0 aliphatic heterocycles. The molecule has 0 heterocycles. The fourth-order valence-electron chi connectivity index (χ4n) is 3.35. The first kappa shape index (κ1) is 24.5. The summed E-state index contributed by atoms with van der Waals surface area (Å²) >= 11 is 0. The first-order valence-electron chi connectivity index (χ1n) is 11.1. The van der Waals surface area contributed by atoms with Gasteiger partial charge in [-0.1, -0.05) is 95.2 Å². The average molecular weight is 410 g/mol. The molecule has 1 N–H and O–H groups in total. The van der Waals surface area contributed by atoms with E-state index in [4.69, 9.17) is 0 Å². The molecule has 0 fully saturated rings. The summed E-state index contributed by atoms with van der Waals surface area (Å²) in [6.45, 7) is 26.6. The lowest BCUT2D eigenvalue weighted by atomic mass is 9.79. The normalized spacial score (nSPS) is 13.5. The summed E-state index contributed by atoms with van der Waals surface area (Å²) in [6.07, 6.45) is 0. The van der Waals surface area contributed by atoms with Crippen LogP contribution in [0.2, 0.25) is 0 Å². The highest BCUT2D eigenvalue weighted by molar-refractivity contribution is 5.65. The number of benzene rings is 2. The molecule has 2 heteroatoms. The molecule has 0 saturated heterocycles. The first-order chi connectivity index (χ1) is 13.3. The van der Waals surface area contributed by atoms with Crippen LogP contribution in [0.15, 0.2) is 36.4 Å². The van der Waals surface area contributed by atoms with Crippen LogP contribution in [0, 0.1) is 0 Å². The van der Waals surface area contributed by atoms with Crippen LogP contribution in [0.3, 0.4) is 0 Å². The topological polar surface area (TPSA) is 23.5 Å². The van der Waals surface area contributed by atoms with E-state index in [9.17, 15) is 5.21 Å². The molecule has 0 aliphatic carbocycles. The van der Waals surface area contributed by atoms with Crippen molar-refractivity contribution in [3.63, 3.8) is 0 Å². The second-order valence-corrected chi connectivity index (χ2v) is 12.8. The smallest absolute Gasteiger partial charge is 0.0698 e. The molecule has 0 aromatic heterocycles. The summed E-state index contributed by atoms with van der Waals surface area (Å²) in [5, 5.41) is 12.8. The van der Waals surface area contributed by atoms with Crippen molar-refractivity contribution in [2.45, 2.75) is 105 Å². The molecule has 0 radical (unpaired) electrons. The van der Waals surface area contributed by atoms with Crippen LogP contribution in [-0.2, 0) is 21.7 Å². The highest BCUT2D eigenvalue weighted by Gasteiger charge is 2.25. The van der Waals surface area contributed by atoms with E-state index < -0.39 is 0 Å². The van der Waals surface area contributed by atoms with E-state index in [0.29, 0.717) is 0 Å². The summed E-state index contributed by atoms with van der Waals surface area (Å²) in [4.78, 5) is 0. The van der Waals surface area contributed by atoms with Gasteiger partial charge in [-0.3, -0.25) is 5.21 Å². The van der Waals surface area contributed by atoms with Gasteiger partial charge < -0.3 is 0 Å². The predicted molar refractivity (Wildman–Crippen MR) is 132 cm³/mol. The lowest BCUT2D eigenvalue weighted by molar-refractivity contribution is 0.300. The molecule has 2 rings (SSSR count). The van der Waals surface area contributed by atoms with Gasteiger partial charge in [0.2, 0.25) is 0 Å². The molecule has 0 aliphatic rings. The van der Waals surface area contributed by atoms with Crippen molar-refractivity contribution >= 4 is 11.4 Å². The minimum Gasteiger partial charge on any atom is -0.284 e. The molecular formula is C28H43NO. The third kappa shape index (κ3) is 5.66. The summed E-state index contributed by atoms with van der Waals surface area (Å²) in [5.41, 5.74) is 6.55. The van der Waals surface area contributed by atoms with E-state index in [1.807, 2.05) is 0 Å². The van der Waals surface area contributed by atoms with Gasteiger partial charge in [-0.2, -0.15) is 0 Å². The number of hydrogen-bond donors (Lipinski definition) is 1. The largest absolute Gasteiger partial charge is 0.284 e. The van der Waals surface area contributed by atoms with Crippen molar-refractivity contribution < 1.29 is 5.21 Å². The van der Waals surface area contributed by atoms with Crippen LogP contribution < -0.4 is 5.06 Å². The Kier molecular flexibility index (Phi) is 6.29. The van der Waals surface area contributed by atoms with Crippen molar-refractivity contribution in [3.8, 4) is 0 Å². The number of anilines is 2. The van der Waals surface area contributed by atoms with Gasteiger partial charge >= 0.3 is 0 Å². The molecule has 0 spiro atoms. The molecule has 2 nitrogen and oxygen atoms in total. The van der Waals surface area contributed by atoms with Gasteiger partial charge in [0, 0.05) is 0 Å². The Morgan fingerprint density at radius 1 is 0.433 bits per heavy atom. The summed E-state index contributed by atoms with van der Waals surface area (Å²) in [7, 11) is 0. The zero-order chi connectivity index (χ0) is 23.3. The third-order valence-electron chi connectivity index (χ3n) is 5.79. The zero-order valence-corrected chi connectivity index (χ0v) is 21.4. The van der Waals surface area contributed by atoms with Gasteiger partial charge in [0.05, 0.1) is 11.4 Å². The van der Waals surface area contributed by atoms with Crippen LogP contribution in [0.1, 0.15) is 105 Å². The lowest BCUT2D eigenvalue weighted by Gasteiger charge is -2.30. The highest BCUT2D eigenvalue weighted by atomic mass is 16.5. The van der Waals surface area contributed by atoms with Crippen molar-refractivity contribution in [2.24, 2.45) is 0 Å². The van der Waals surface area contributed by atoms with Crippen LogP contribution in [0.5, 0.6) is 0 Å². The first-order valence-corrected chi connectivity index (χ1v) is 11.1. The molecule has 0 bridgehead atoms. The second kappa shape index (κ2) is 7.71. The van der Waals surface area contributed by atoms with E-state index in [-0.39, 0.29) is 21.7 Å². The van der Waals surface area contributed by atoms with Gasteiger partial charge in [-0.25, -0.2) is 5.06 Å². The molecule has 30 heavy (non-hydrogen) atoms. The summed E-state index contributed by atoms with van der Waals surface area (Å²) < 4.78 is 0. The molecule has 0 unspecified atom stereocenters. The Bertz CT molecular complexity index is 756. The van der Waals surface area contributed by atoms with E-state index in [1.54, 1.807) is 0 Å². The van der Waals surface area contributed by atoms with Crippen LogP contribution in [0.4, 0.5) is 11.4 Å². The molecule has 0 amide bonds. The maximum absolute atomic E-state index is 11.4. The van der Waals surface area contributed by atoms with Crippen LogP contribution in [0.25, 0.3) is 0 Å². The quantitative estimate of drug-likeness (QED) is 0.503. The molecule has 0 saturated carbocycles. The van der Waals surface area contributed by atoms with E-state index in [0.717, 1.165) is 11.4 Å². The molecular weight excluding hydrogens is 366 g/mol. The average Bonchev–Trinajstić information content (AvgIpc) is 2.57. The number of rotatable bonds is 2. The van der Waals surface area contributed by atoms with Crippen molar-refractivity contribution in [1.82, 2.24) is 0 Å². The minimum atomic E-state index is 0.000672. The van der Waals surface area contributed by atoms with Crippen LogP contribution in [-0.4, -0.2) is 5.21 Å². The molecule has 2 aromatic carbocycles. The second-order valence-electron chi connectivity index (χ2n) is 12.8. The van der Waals surface area contributed by atoms with Crippen molar-refractivity contribution in [2.75, 3.05) is 5.06 Å². The number of nitrogens with zero attached hydrogens (tertiary/aromatic N) is 1. The number of hydrogen-bond acceptors (Lipinski definition) is 2. The maximum atomic E-state index is 11.4. The van der Waals surface area contributed by atoms with E-state index >= 15 is 0 Å². The van der Waals surface area contributed by atoms with Gasteiger partial charge in [0.15, 0.2) is 0 Å². The van der Waals surface area contributed by atoms with Crippen molar-refractivity contribution in [1.29, 1.82) is 0 Å². The minimum absolute atomic E-state index is 0.000672. The van der Waals surface area contributed by atoms with Crippen molar-refractivity contribution in [3.05, 3.63) is 58.7 Å². The molecule has 0 atom stereocenters. The van der Waals surface area contributed by atoms with E-state index in [1.165, 1.54) is 27.3 Å². The zero-order valence-electron chi connectivity index (χ0n) is 21.4. The Balaban J connectivity index is 2.72.